The van der Waals surface area contributed by atoms with Crippen molar-refractivity contribution in [1.29, 1.82) is 0 Å². The molecule has 1 aromatic heterocycles. The monoisotopic (exact) mass is 382 g/mol. The Balaban J connectivity index is 1.53. The number of hydrogen-bond acceptors (Lipinski definition) is 4. The first-order valence-electron chi connectivity index (χ1n) is 9.47. The molecule has 0 spiro atoms. The molecule has 0 radical (unpaired) electrons. The molecule has 0 saturated carbocycles. The van der Waals surface area contributed by atoms with Gasteiger partial charge in [0.05, 0.1) is 24.9 Å². The Hall–Kier alpha value is -2.77. The summed E-state index contributed by atoms with van der Waals surface area (Å²) in [5.74, 6) is -0.243. The number of fused-ring (bicyclic) bond motifs is 1. The summed E-state index contributed by atoms with van der Waals surface area (Å²) in [5, 5.41) is 7.91. The number of H-pyrrole nitrogens is 1. The van der Waals surface area contributed by atoms with E-state index in [1.165, 1.54) is 12.1 Å². The van der Waals surface area contributed by atoms with Gasteiger partial charge in [0, 0.05) is 36.7 Å². The molecule has 1 aliphatic heterocycles. The van der Waals surface area contributed by atoms with Crippen molar-refractivity contribution in [2.75, 3.05) is 37.7 Å². The minimum atomic E-state index is -0.243. The third kappa shape index (κ3) is 4.05. The molecule has 3 aromatic rings. The Labute approximate surface area is 162 Å². The lowest BCUT2D eigenvalue weighted by Gasteiger charge is -2.35. The molecule has 6 nitrogen and oxygen atoms in total. The fourth-order valence-electron chi connectivity index (χ4n) is 3.75. The van der Waals surface area contributed by atoms with Crippen LogP contribution in [0.4, 0.5) is 10.1 Å². The Bertz CT molecular complexity index is 922. The average molecular weight is 382 g/mol. The van der Waals surface area contributed by atoms with Crippen LogP contribution in [0.5, 0.6) is 0 Å². The van der Waals surface area contributed by atoms with Gasteiger partial charge in [0.25, 0.3) is 0 Å². The number of hydrogen-bond donors (Lipinski definition) is 1. The average Bonchev–Trinajstić information content (AvgIpc) is 3.21. The van der Waals surface area contributed by atoms with Gasteiger partial charge in [-0.1, -0.05) is 12.1 Å². The van der Waals surface area contributed by atoms with Crippen LogP contribution in [0.3, 0.4) is 0 Å². The van der Waals surface area contributed by atoms with Crippen LogP contribution in [-0.2, 0) is 9.53 Å². The zero-order valence-corrected chi connectivity index (χ0v) is 15.6. The van der Waals surface area contributed by atoms with Crippen molar-refractivity contribution < 1.29 is 13.9 Å². The number of carbonyl (C=O) groups excluding carboxylic acids is 1. The maximum absolute atomic E-state index is 13.4. The van der Waals surface area contributed by atoms with Crippen molar-refractivity contribution in [3.05, 3.63) is 60.0 Å². The molecule has 2 heterocycles. The number of nitrogens with one attached hydrogen (secondary N) is 1. The predicted octanol–water partition coefficient (Wildman–Crippen LogP) is 3.13. The number of morpholine rings is 1. The number of anilines is 1. The van der Waals surface area contributed by atoms with Crippen molar-refractivity contribution in [3.63, 3.8) is 0 Å². The molecule has 1 amide bonds. The summed E-state index contributed by atoms with van der Waals surface area (Å²) in [6, 6.07) is 12.5. The summed E-state index contributed by atoms with van der Waals surface area (Å²) in [6.07, 6.45) is 3.35. The van der Waals surface area contributed by atoms with Gasteiger partial charge in [-0.15, -0.1) is 0 Å². The molecule has 1 unspecified atom stereocenters. The number of halogens is 1. The zero-order chi connectivity index (χ0) is 19.3. The van der Waals surface area contributed by atoms with Gasteiger partial charge in [-0.3, -0.25) is 14.8 Å². The maximum Gasteiger partial charge on any atom is 0.214 e. The van der Waals surface area contributed by atoms with E-state index in [2.05, 4.69) is 15.1 Å². The Morgan fingerprint density at radius 1 is 1.21 bits per heavy atom. The third-order valence-corrected chi connectivity index (χ3v) is 5.27. The van der Waals surface area contributed by atoms with Gasteiger partial charge in [0.15, 0.2) is 0 Å². The molecular weight excluding hydrogens is 359 g/mol. The van der Waals surface area contributed by atoms with Crippen molar-refractivity contribution >= 4 is 23.0 Å². The molecule has 2 aromatic carbocycles. The van der Waals surface area contributed by atoms with Crippen molar-refractivity contribution in [3.8, 4) is 0 Å². The first-order chi connectivity index (χ1) is 13.7. The lowest BCUT2D eigenvalue weighted by Crippen LogP contribution is -2.40. The Morgan fingerprint density at radius 2 is 2.00 bits per heavy atom. The van der Waals surface area contributed by atoms with Gasteiger partial charge in [-0.2, -0.15) is 5.10 Å². The number of benzene rings is 2. The van der Waals surface area contributed by atoms with Crippen LogP contribution >= 0.6 is 0 Å². The molecule has 1 atom stereocenters. The molecule has 0 bridgehead atoms. The second kappa shape index (κ2) is 8.50. The fourth-order valence-corrected chi connectivity index (χ4v) is 3.75. The van der Waals surface area contributed by atoms with Crippen molar-refractivity contribution in [2.24, 2.45) is 0 Å². The van der Waals surface area contributed by atoms with E-state index in [9.17, 15) is 9.18 Å². The SMILES string of the molecule is O=CN(CCC(c1ccc(F)cc1)N1CCOCC1)c1ccc2[nH]ncc2c1. The van der Waals surface area contributed by atoms with Gasteiger partial charge < -0.3 is 9.64 Å². The van der Waals surface area contributed by atoms with Gasteiger partial charge in [0.1, 0.15) is 5.82 Å². The molecule has 1 N–H and O–H groups in total. The lowest BCUT2D eigenvalue weighted by molar-refractivity contribution is -0.107. The molecule has 146 valence electrons. The van der Waals surface area contributed by atoms with E-state index in [0.29, 0.717) is 19.8 Å². The maximum atomic E-state index is 13.4. The fraction of sp³-hybridized carbons (Fsp3) is 0.333. The van der Waals surface area contributed by atoms with E-state index in [4.69, 9.17) is 4.74 Å². The minimum Gasteiger partial charge on any atom is -0.379 e. The second-order valence-corrected chi connectivity index (χ2v) is 6.94. The lowest BCUT2D eigenvalue weighted by atomic mass is 10.0. The number of carbonyl (C=O) groups is 1. The molecule has 1 aliphatic rings. The molecule has 1 saturated heterocycles. The Kier molecular flexibility index (Phi) is 5.64. The van der Waals surface area contributed by atoms with E-state index < -0.39 is 0 Å². The van der Waals surface area contributed by atoms with Crippen molar-refractivity contribution in [2.45, 2.75) is 12.5 Å². The smallest absolute Gasteiger partial charge is 0.214 e. The highest BCUT2D eigenvalue weighted by atomic mass is 19.1. The third-order valence-electron chi connectivity index (χ3n) is 5.27. The molecule has 1 fully saturated rings. The Morgan fingerprint density at radius 3 is 2.75 bits per heavy atom. The van der Waals surface area contributed by atoms with Crippen LogP contribution in [0.2, 0.25) is 0 Å². The van der Waals surface area contributed by atoms with Crippen LogP contribution < -0.4 is 4.90 Å². The van der Waals surface area contributed by atoms with E-state index in [-0.39, 0.29) is 11.9 Å². The number of amides is 1. The highest BCUT2D eigenvalue weighted by molar-refractivity contribution is 5.86. The van der Waals surface area contributed by atoms with Crippen LogP contribution in [0.15, 0.2) is 48.7 Å². The first kappa shape index (κ1) is 18.6. The number of rotatable bonds is 7. The summed E-state index contributed by atoms with van der Waals surface area (Å²) in [4.78, 5) is 15.8. The molecule has 28 heavy (non-hydrogen) atoms. The van der Waals surface area contributed by atoms with E-state index >= 15 is 0 Å². The quantitative estimate of drug-likeness (QED) is 0.638. The van der Waals surface area contributed by atoms with Crippen molar-refractivity contribution in [1.82, 2.24) is 15.1 Å². The van der Waals surface area contributed by atoms with E-state index in [0.717, 1.165) is 48.1 Å². The normalized spacial score (nSPS) is 16.2. The molecule has 7 heteroatoms. The number of aromatic amines is 1. The van der Waals surface area contributed by atoms with E-state index in [1.54, 1.807) is 11.1 Å². The standard InChI is InChI=1S/C21H23FN4O2/c22-18-3-1-16(2-4-18)21(25-9-11-28-12-10-25)7-8-26(15-27)19-5-6-20-17(13-19)14-23-24-20/h1-6,13-15,21H,7-12H2,(H,23,24). The molecular formula is C21H23FN4O2. The number of ether oxygens (including phenoxy) is 1. The zero-order valence-electron chi connectivity index (χ0n) is 15.6. The van der Waals surface area contributed by atoms with Gasteiger partial charge >= 0.3 is 0 Å². The molecule has 4 rings (SSSR count). The summed E-state index contributed by atoms with van der Waals surface area (Å²) in [7, 11) is 0. The first-order valence-corrected chi connectivity index (χ1v) is 9.47. The summed E-state index contributed by atoms with van der Waals surface area (Å²) in [5.41, 5.74) is 2.83. The van der Waals surface area contributed by atoms with E-state index in [1.807, 2.05) is 30.3 Å². The summed E-state index contributed by atoms with van der Waals surface area (Å²) >= 11 is 0. The minimum absolute atomic E-state index is 0.101. The van der Waals surface area contributed by atoms with Crippen LogP contribution in [-0.4, -0.2) is 54.4 Å². The second-order valence-electron chi connectivity index (χ2n) is 6.94. The largest absolute Gasteiger partial charge is 0.379 e. The van der Waals surface area contributed by atoms with Crippen LogP contribution in [0.1, 0.15) is 18.0 Å². The van der Waals surface area contributed by atoms with Crippen LogP contribution in [0, 0.1) is 5.82 Å². The highest BCUT2D eigenvalue weighted by Gasteiger charge is 2.23. The van der Waals surface area contributed by atoms with Crippen LogP contribution in [0.25, 0.3) is 10.9 Å². The van der Waals surface area contributed by atoms with Gasteiger partial charge in [-0.25, -0.2) is 4.39 Å². The van der Waals surface area contributed by atoms with Gasteiger partial charge in [0.2, 0.25) is 6.41 Å². The highest BCUT2D eigenvalue weighted by Crippen LogP contribution is 2.27. The topological polar surface area (TPSA) is 61.5 Å². The summed E-state index contributed by atoms with van der Waals surface area (Å²) in [6.45, 7) is 3.58. The van der Waals surface area contributed by atoms with Gasteiger partial charge in [-0.05, 0) is 42.3 Å². The summed E-state index contributed by atoms with van der Waals surface area (Å²) < 4.78 is 18.9. The predicted molar refractivity (Wildman–Crippen MR) is 106 cm³/mol. The number of aromatic nitrogens is 2. The molecule has 0 aliphatic carbocycles. The number of nitrogens with zero attached hydrogens (tertiary/aromatic N) is 3.